The van der Waals surface area contributed by atoms with Crippen LogP contribution in [0.1, 0.15) is 6.42 Å². The molecule has 2 heterocycles. The summed E-state index contributed by atoms with van der Waals surface area (Å²) in [7, 11) is -1.89. The van der Waals surface area contributed by atoms with Crippen LogP contribution in [-0.4, -0.2) is 63.3 Å². The van der Waals surface area contributed by atoms with E-state index in [1.54, 1.807) is 59.7 Å². The second kappa shape index (κ2) is 9.02. The van der Waals surface area contributed by atoms with Gasteiger partial charge in [0.1, 0.15) is 5.52 Å². The lowest BCUT2D eigenvalue weighted by atomic mass is 10.3. The molecule has 1 saturated heterocycles. The van der Waals surface area contributed by atoms with Gasteiger partial charge in [0.05, 0.1) is 27.5 Å². The van der Waals surface area contributed by atoms with Crippen LogP contribution in [0, 0.1) is 0 Å². The first-order valence-electron chi connectivity index (χ1n) is 9.82. The number of thiazole rings is 1. The third-order valence-corrected chi connectivity index (χ3v) is 8.36. The van der Waals surface area contributed by atoms with Crippen molar-refractivity contribution in [1.29, 1.82) is 0 Å². The fourth-order valence-corrected chi connectivity index (χ4v) is 6.03. The summed E-state index contributed by atoms with van der Waals surface area (Å²) in [6.07, 6.45) is -0.0198. The Balaban J connectivity index is 1.36. The summed E-state index contributed by atoms with van der Waals surface area (Å²) in [5.74, 6) is 0.237. The molecule has 0 N–H and O–H groups in total. The van der Waals surface area contributed by atoms with E-state index in [-0.39, 0.29) is 23.0 Å². The molecule has 31 heavy (non-hydrogen) atoms. The van der Waals surface area contributed by atoms with Crippen LogP contribution in [-0.2, 0) is 14.6 Å². The van der Waals surface area contributed by atoms with Crippen molar-refractivity contribution in [2.75, 3.05) is 43.9 Å². The molecule has 4 rings (SSSR count). The van der Waals surface area contributed by atoms with Crippen molar-refractivity contribution in [3.05, 3.63) is 47.5 Å². The molecule has 0 unspecified atom stereocenters. The van der Waals surface area contributed by atoms with Gasteiger partial charge in [0.2, 0.25) is 5.91 Å². The minimum absolute atomic E-state index is 0.0198. The predicted molar refractivity (Wildman–Crippen MR) is 123 cm³/mol. The number of fused-ring (bicyclic) bond motifs is 1. The summed E-state index contributed by atoms with van der Waals surface area (Å²) in [6.45, 7) is 2.32. The van der Waals surface area contributed by atoms with Crippen molar-refractivity contribution >= 4 is 54.0 Å². The van der Waals surface area contributed by atoms with E-state index in [0.29, 0.717) is 37.0 Å². The lowest BCUT2D eigenvalue weighted by Crippen LogP contribution is -2.49. The van der Waals surface area contributed by atoms with Crippen LogP contribution in [0.2, 0.25) is 5.02 Å². The zero-order valence-corrected chi connectivity index (χ0v) is 19.3. The van der Waals surface area contributed by atoms with Crippen molar-refractivity contribution in [3.8, 4) is 5.75 Å². The number of anilines is 1. The number of ether oxygens (including phenoxy) is 1. The summed E-state index contributed by atoms with van der Waals surface area (Å²) < 4.78 is 31.2. The molecule has 7 nitrogen and oxygen atoms in total. The highest BCUT2D eigenvalue weighted by molar-refractivity contribution is 7.91. The Labute approximate surface area is 190 Å². The molecule has 0 atom stereocenters. The molecule has 10 heteroatoms. The van der Waals surface area contributed by atoms with E-state index in [0.717, 1.165) is 15.3 Å². The molecule has 1 aliphatic rings. The Morgan fingerprint density at radius 1 is 1.13 bits per heavy atom. The normalized spacial score (nSPS) is 14.8. The Kier molecular flexibility index (Phi) is 6.36. The van der Waals surface area contributed by atoms with E-state index in [4.69, 9.17) is 21.3 Å². The molecule has 0 saturated carbocycles. The SMILES string of the molecule is COc1c(Cl)ccc2sc(N3CCN(C(=O)CCS(=O)(=O)c4ccccc4)CC3)nc12. The van der Waals surface area contributed by atoms with Gasteiger partial charge in [-0.25, -0.2) is 13.4 Å². The van der Waals surface area contributed by atoms with Gasteiger partial charge in [0.25, 0.3) is 0 Å². The summed E-state index contributed by atoms with van der Waals surface area (Å²) in [5, 5.41) is 1.38. The van der Waals surface area contributed by atoms with Crippen molar-refractivity contribution in [2.45, 2.75) is 11.3 Å². The molecule has 1 aliphatic heterocycles. The van der Waals surface area contributed by atoms with Gasteiger partial charge in [-0.1, -0.05) is 41.1 Å². The highest BCUT2D eigenvalue weighted by Crippen LogP contribution is 2.38. The van der Waals surface area contributed by atoms with Gasteiger partial charge in [-0.05, 0) is 24.3 Å². The molecule has 2 aromatic carbocycles. The van der Waals surface area contributed by atoms with Crippen LogP contribution in [0.5, 0.6) is 5.75 Å². The smallest absolute Gasteiger partial charge is 0.223 e. The predicted octanol–water partition coefficient (Wildman–Crippen LogP) is 3.47. The quantitative estimate of drug-likeness (QED) is 0.538. The van der Waals surface area contributed by atoms with Crippen LogP contribution < -0.4 is 9.64 Å². The van der Waals surface area contributed by atoms with Crippen LogP contribution in [0.25, 0.3) is 10.2 Å². The van der Waals surface area contributed by atoms with Crippen LogP contribution >= 0.6 is 22.9 Å². The fourth-order valence-electron chi connectivity index (χ4n) is 3.54. The van der Waals surface area contributed by atoms with Gasteiger partial charge >= 0.3 is 0 Å². The third kappa shape index (κ3) is 4.63. The summed E-state index contributed by atoms with van der Waals surface area (Å²) in [5.41, 5.74) is 0.736. The Hall–Kier alpha value is -2.36. The maximum Gasteiger partial charge on any atom is 0.223 e. The van der Waals surface area contributed by atoms with E-state index >= 15 is 0 Å². The average molecular weight is 480 g/mol. The van der Waals surface area contributed by atoms with E-state index in [1.807, 2.05) is 6.07 Å². The Morgan fingerprint density at radius 2 is 1.84 bits per heavy atom. The monoisotopic (exact) mass is 479 g/mol. The molecule has 1 amide bonds. The van der Waals surface area contributed by atoms with Gasteiger partial charge in [0.15, 0.2) is 20.7 Å². The second-order valence-corrected chi connectivity index (χ2v) is 10.7. The molecule has 0 radical (unpaired) electrons. The molecule has 3 aromatic rings. The first-order valence-corrected chi connectivity index (χ1v) is 12.7. The Morgan fingerprint density at radius 3 is 2.52 bits per heavy atom. The minimum atomic E-state index is -3.46. The number of nitrogens with zero attached hydrogens (tertiary/aromatic N) is 3. The maximum absolute atomic E-state index is 12.6. The van der Waals surface area contributed by atoms with Gasteiger partial charge < -0.3 is 14.5 Å². The number of halogens is 1. The number of hydrogen-bond donors (Lipinski definition) is 0. The first kappa shape index (κ1) is 21.9. The zero-order chi connectivity index (χ0) is 22.0. The summed E-state index contributed by atoms with van der Waals surface area (Å²) in [6, 6.07) is 12.0. The lowest BCUT2D eigenvalue weighted by molar-refractivity contribution is -0.131. The number of benzene rings is 2. The molecule has 0 bridgehead atoms. The third-order valence-electron chi connectivity index (χ3n) is 5.25. The van der Waals surface area contributed by atoms with Gasteiger partial charge in [0, 0.05) is 32.6 Å². The summed E-state index contributed by atoms with van der Waals surface area (Å²) in [4.78, 5) is 21.4. The second-order valence-electron chi connectivity index (χ2n) is 7.17. The van der Waals surface area contributed by atoms with Crippen molar-refractivity contribution in [2.24, 2.45) is 0 Å². The fraction of sp³-hybridized carbons (Fsp3) is 0.333. The number of amides is 1. The number of piperazine rings is 1. The van der Waals surface area contributed by atoms with Crippen LogP contribution in [0.15, 0.2) is 47.4 Å². The number of sulfone groups is 1. The minimum Gasteiger partial charge on any atom is -0.493 e. The van der Waals surface area contributed by atoms with E-state index in [2.05, 4.69) is 4.90 Å². The molecule has 164 valence electrons. The van der Waals surface area contributed by atoms with E-state index < -0.39 is 9.84 Å². The molecule has 1 fully saturated rings. The van der Waals surface area contributed by atoms with Gasteiger partial charge in [-0.15, -0.1) is 0 Å². The molecule has 0 spiro atoms. The van der Waals surface area contributed by atoms with Gasteiger partial charge in [-0.3, -0.25) is 4.79 Å². The zero-order valence-electron chi connectivity index (χ0n) is 17.0. The van der Waals surface area contributed by atoms with E-state index in [9.17, 15) is 13.2 Å². The average Bonchev–Trinajstić information content (AvgIpc) is 3.22. The first-order chi connectivity index (χ1) is 14.9. The van der Waals surface area contributed by atoms with E-state index in [1.165, 1.54) is 0 Å². The topological polar surface area (TPSA) is 79.8 Å². The number of carbonyl (C=O) groups is 1. The largest absolute Gasteiger partial charge is 0.493 e. The number of carbonyl (C=O) groups excluding carboxylic acids is 1. The number of rotatable bonds is 6. The molecular weight excluding hydrogens is 458 g/mol. The molecular formula is C21H22ClN3O4S2. The lowest BCUT2D eigenvalue weighted by Gasteiger charge is -2.34. The van der Waals surface area contributed by atoms with Crippen LogP contribution in [0.3, 0.4) is 0 Å². The summed E-state index contributed by atoms with van der Waals surface area (Å²) >= 11 is 7.75. The standard InChI is InChI=1S/C21H22ClN3O4S2/c1-29-20-16(22)7-8-17-19(20)23-21(30-17)25-12-10-24(11-13-25)18(26)9-14-31(27,28)15-5-3-2-4-6-15/h2-8H,9-14H2,1H3. The number of methoxy groups -OCH3 is 1. The highest BCUT2D eigenvalue weighted by atomic mass is 35.5. The van der Waals surface area contributed by atoms with Crippen molar-refractivity contribution < 1.29 is 17.9 Å². The van der Waals surface area contributed by atoms with Gasteiger partial charge in [-0.2, -0.15) is 0 Å². The van der Waals surface area contributed by atoms with Crippen LogP contribution in [0.4, 0.5) is 5.13 Å². The number of aromatic nitrogens is 1. The molecule has 1 aromatic heterocycles. The van der Waals surface area contributed by atoms with Crippen molar-refractivity contribution in [1.82, 2.24) is 9.88 Å². The Bertz CT molecular complexity index is 1190. The molecule has 0 aliphatic carbocycles. The maximum atomic E-state index is 12.6. The number of hydrogen-bond acceptors (Lipinski definition) is 7. The highest BCUT2D eigenvalue weighted by Gasteiger charge is 2.25. The van der Waals surface area contributed by atoms with Crippen molar-refractivity contribution in [3.63, 3.8) is 0 Å².